The summed E-state index contributed by atoms with van der Waals surface area (Å²) in [7, 11) is 1.56. The average Bonchev–Trinajstić information content (AvgIpc) is 2.42. The Labute approximate surface area is 152 Å². The van der Waals surface area contributed by atoms with E-state index in [1.165, 1.54) is 4.90 Å². The number of carboxylic acid groups (broad SMARTS) is 3. The van der Waals surface area contributed by atoms with Crippen LogP contribution in [0, 0.1) is 0 Å². The molecule has 1 unspecified atom stereocenters. The maximum Gasteiger partial charge on any atom is 0.410 e. The van der Waals surface area contributed by atoms with Gasteiger partial charge in [-0.15, -0.1) is 0 Å². The number of nitrogens with zero attached hydrogens (tertiary/aromatic N) is 2. The van der Waals surface area contributed by atoms with Crippen LogP contribution in [0.2, 0.25) is 0 Å². The van der Waals surface area contributed by atoms with E-state index in [9.17, 15) is 24.3 Å². The fourth-order valence-corrected chi connectivity index (χ4v) is 2.20. The molecule has 10 nitrogen and oxygen atoms in total. The van der Waals surface area contributed by atoms with Gasteiger partial charge in [-0.25, -0.2) is 4.79 Å². The highest BCUT2D eigenvalue weighted by Gasteiger charge is 2.28. The van der Waals surface area contributed by atoms with Gasteiger partial charge < -0.3 is 25.0 Å². The fraction of sp³-hybridized carbons (Fsp3) is 0.750. The summed E-state index contributed by atoms with van der Waals surface area (Å²) >= 11 is 0. The molecule has 10 heteroatoms. The summed E-state index contributed by atoms with van der Waals surface area (Å²) in [5, 5.41) is 27.0. The van der Waals surface area contributed by atoms with Gasteiger partial charge in [0.1, 0.15) is 11.6 Å². The van der Waals surface area contributed by atoms with E-state index < -0.39 is 48.7 Å². The maximum atomic E-state index is 11.8. The van der Waals surface area contributed by atoms with Crippen LogP contribution in [0.1, 0.15) is 40.0 Å². The molecular weight excluding hydrogens is 348 g/mol. The predicted molar refractivity (Wildman–Crippen MR) is 91.0 cm³/mol. The van der Waals surface area contributed by atoms with Crippen molar-refractivity contribution in [1.82, 2.24) is 9.80 Å². The van der Waals surface area contributed by atoms with E-state index in [2.05, 4.69) is 0 Å². The van der Waals surface area contributed by atoms with E-state index >= 15 is 0 Å². The average molecular weight is 376 g/mol. The monoisotopic (exact) mass is 376 g/mol. The molecule has 1 atom stereocenters. The van der Waals surface area contributed by atoms with Crippen LogP contribution < -0.4 is 0 Å². The summed E-state index contributed by atoms with van der Waals surface area (Å²) in [6.45, 7) is 4.21. The standard InChI is InChI=1S/C16H28N2O8/c1-16(2,3)26-15(25)17(4)8-6-5-7-11(14(23)24)18(9-12(19)20)10-13(21)22/h11H,5-10H2,1-4H3,(H,19,20)(H,21,22)(H,23,24). The molecule has 0 bridgehead atoms. The lowest BCUT2D eigenvalue weighted by molar-refractivity contribution is -0.149. The number of ether oxygens (including phenoxy) is 1. The van der Waals surface area contributed by atoms with Crippen LogP contribution in [0.5, 0.6) is 0 Å². The second kappa shape index (κ2) is 10.6. The number of amides is 1. The third-order valence-electron chi connectivity index (χ3n) is 3.33. The largest absolute Gasteiger partial charge is 0.480 e. The number of carboxylic acids is 3. The summed E-state index contributed by atoms with van der Waals surface area (Å²) in [4.78, 5) is 47.1. The lowest BCUT2D eigenvalue weighted by atomic mass is 10.1. The van der Waals surface area contributed by atoms with Crippen molar-refractivity contribution in [3.63, 3.8) is 0 Å². The van der Waals surface area contributed by atoms with Gasteiger partial charge in [-0.1, -0.05) is 0 Å². The van der Waals surface area contributed by atoms with E-state index in [0.717, 1.165) is 4.90 Å². The zero-order valence-corrected chi connectivity index (χ0v) is 15.6. The van der Waals surface area contributed by atoms with Crippen molar-refractivity contribution >= 4 is 24.0 Å². The smallest absolute Gasteiger partial charge is 0.410 e. The quantitative estimate of drug-likeness (QED) is 0.449. The Kier molecular flexibility index (Phi) is 9.63. The maximum absolute atomic E-state index is 11.8. The number of rotatable bonds is 11. The molecule has 26 heavy (non-hydrogen) atoms. The van der Waals surface area contributed by atoms with Crippen molar-refractivity contribution in [2.45, 2.75) is 51.7 Å². The van der Waals surface area contributed by atoms with Gasteiger partial charge in [0.15, 0.2) is 0 Å². The van der Waals surface area contributed by atoms with Crippen LogP contribution in [-0.2, 0) is 19.1 Å². The van der Waals surface area contributed by atoms with Crippen LogP contribution in [0.4, 0.5) is 4.79 Å². The van der Waals surface area contributed by atoms with Gasteiger partial charge in [-0.3, -0.25) is 19.3 Å². The number of carbonyl (C=O) groups excluding carboxylic acids is 1. The summed E-state index contributed by atoms with van der Waals surface area (Å²) in [6, 6.07) is -1.23. The third-order valence-corrected chi connectivity index (χ3v) is 3.33. The van der Waals surface area contributed by atoms with Crippen LogP contribution >= 0.6 is 0 Å². The first kappa shape index (κ1) is 23.6. The number of carbonyl (C=O) groups is 4. The van der Waals surface area contributed by atoms with Crippen molar-refractivity contribution in [1.29, 1.82) is 0 Å². The van der Waals surface area contributed by atoms with Gasteiger partial charge in [0.2, 0.25) is 0 Å². The molecule has 0 spiro atoms. The molecule has 0 radical (unpaired) electrons. The number of unbranched alkanes of at least 4 members (excludes halogenated alkanes) is 1. The molecule has 0 aromatic rings. The fourth-order valence-electron chi connectivity index (χ4n) is 2.20. The van der Waals surface area contributed by atoms with Gasteiger partial charge in [0.05, 0.1) is 13.1 Å². The molecule has 0 saturated carbocycles. The molecule has 0 aromatic heterocycles. The zero-order valence-electron chi connectivity index (χ0n) is 15.6. The highest BCUT2D eigenvalue weighted by molar-refractivity contribution is 5.78. The molecule has 0 heterocycles. The molecule has 0 aromatic carbocycles. The van der Waals surface area contributed by atoms with E-state index in [-0.39, 0.29) is 6.42 Å². The Balaban J connectivity index is 4.60. The minimum atomic E-state index is -1.30. The first-order valence-electron chi connectivity index (χ1n) is 8.18. The first-order valence-corrected chi connectivity index (χ1v) is 8.18. The normalized spacial score (nSPS) is 12.5. The van der Waals surface area contributed by atoms with E-state index in [4.69, 9.17) is 14.9 Å². The van der Waals surface area contributed by atoms with Crippen LogP contribution in [0.3, 0.4) is 0 Å². The van der Waals surface area contributed by atoms with Crippen molar-refractivity contribution in [3.8, 4) is 0 Å². The van der Waals surface area contributed by atoms with Crippen LogP contribution in [-0.4, -0.2) is 87.4 Å². The molecule has 0 fully saturated rings. The highest BCUT2D eigenvalue weighted by Crippen LogP contribution is 2.12. The molecule has 0 aliphatic heterocycles. The van der Waals surface area contributed by atoms with Gasteiger partial charge in [-0.2, -0.15) is 0 Å². The summed E-state index contributed by atoms with van der Waals surface area (Å²) in [5.74, 6) is -3.89. The molecule has 0 rings (SSSR count). The lowest BCUT2D eigenvalue weighted by Crippen LogP contribution is -2.46. The Bertz CT molecular complexity index is 499. The minimum Gasteiger partial charge on any atom is -0.480 e. The number of hydrogen-bond acceptors (Lipinski definition) is 6. The van der Waals surface area contributed by atoms with E-state index in [1.807, 2.05) is 0 Å². The molecule has 1 amide bonds. The Hall–Kier alpha value is -2.36. The van der Waals surface area contributed by atoms with E-state index in [0.29, 0.717) is 19.4 Å². The van der Waals surface area contributed by atoms with Gasteiger partial charge in [-0.05, 0) is 40.0 Å². The van der Waals surface area contributed by atoms with Crippen molar-refractivity contribution in [2.75, 3.05) is 26.7 Å². The third kappa shape index (κ3) is 10.5. The second-order valence-electron chi connectivity index (χ2n) is 6.94. The molecule has 0 aliphatic carbocycles. The highest BCUT2D eigenvalue weighted by atomic mass is 16.6. The Morgan fingerprint density at radius 1 is 0.962 bits per heavy atom. The minimum absolute atomic E-state index is 0.0675. The van der Waals surface area contributed by atoms with Crippen molar-refractivity contribution in [3.05, 3.63) is 0 Å². The molecule has 0 saturated heterocycles. The number of aliphatic carboxylic acids is 3. The van der Waals surface area contributed by atoms with Gasteiger partial charge in [0, 0.05) is 13.6 Å². The summed E-state index contributed by atoms with van der Waals surface area (Å²) in [5.41, 5.74) is -0.617. The first-order chi connectivity index (χ1) is 11.8. The zero-order chi connectivity index (χ0) is 20.5. The summed E-state index contributed by atoms with van der Waals surface area (Å²) in [6.07, 6.45) is 0.413. The summed E-state index contributed by atoms with van der Waals surface area (Å²) < 4.78 is 5.20. The van der Waals surface area contributed by atoms with E-state index in [1.54, 1.807) is 27.8 Å². The molecule has 3 N–H and O–H groups in total. The second-order valence-corrected chi connectivity index (χ2v) is 6.94. The Morgan fingerprint density at radius 3 is 1.85 bits per heavy atom. The molecule has 0 aliphatic rings. The van der Waals surface area contributed by atoms with Gasteiger partial charge >= 0.3 is 24.0 Å². The SMILES string of the molecule is CN(CCCCC(C(=O)O)N(CC(=O)O)CC(=O)O)C(=O)OC(C)(C)C. The van der Waals surface area contributed by atoms with Crippen LogP contribution in [0.15, 0.2) is 0 Å². The predicted octanol–water partition coefficient (Wildman–Crippen LogP) is 0.948. The Morgan fingerprint density at radius 2 is 1.46 bits per heavy atom. The van der Waals surface area contributed by atoms with Crippen LogP contribution in [0.25, 0.3) is 0 Å². The number of hydrogen-bond donors (Lipinski definition) is 3. The lowest BCUT2D eigenvalue weighted by Gasteiger charge is -2.26. The van der Waals surface area contributed by atoms with Gasteiger partial charge in [0.25, 0.3) is 0 Å². The van der Waals surface area contributed by atoms with Crippen molar-refractivity contribution in [2.24, 2.45) is 0 Å². The molecule has 150 valence electrons. The molecular formula is C16H28N2O8. The van der Waals surface area contributed by atoms with Crippen molar-refractivity contribution < 1.29 is 39.2 Å². The topological polar surface area (TPSA) is 145 Å².